The monoisotopic (exact) mass is 366 g/mol. The van der Waals surface area contributed by atoms with Gasteiger partial charge in [-0.25, -0.2) is 4.39 Å². The fourth-order valence-electron chi connectivity index (χ4n) is 1.78. The lowest BCUT2D eigenvalue weighted by Crippen LogP contribution is -2.03. The maximum absolute atomic E-state index is 13.8. The first-order chi connectivity index (χ1) is 9.27. The third-order valence-corrected chi connectivity index (χ3v) is 3.61. The van der Waals surface area contributed by atoms with Gasteiger partial charge in [-0.2, -0.15) is 4.68 Å². The highest BCUT2D eigenvalue weighted by Gasteiger charge is 2.15. The third kappa shape index (κ3) is 2.23. The Labute approximate surface area is 122 Å². The molecule has 19 heavy (non-hydrogen) atoms. The molecule has 0 radical (unpaired) electrons. The van der Waals surface area contributed by atoms with Crippen LogP contribution >= 0.6 is 22.6 Å². The average Bonchev–Trinajstić information content (AvgIpc) is 2.89. The molecule has 0 saturated heterocycles. The maximum atomic E-state index is 13.8. The fraction of sp³-hybridized carbons (Fsp3) is 0. The number of benzene rings is 2. The first-order valence-electron chi connectivity index (χ1n) is 5.55. The minimum atomic E-state index is -0.359. The van der Waals surface area contributed by atoms with Crippen LogP contribution in [0.1, 0.15) is 0 Å². The number of aromatic nitrogens is 4. The van der Waals surface area contributed by atoms with Gasteiger partial charge in [-0.3, -0.25) is 0 Å². The van der Waals surface area contributed by atoms with Crippen LogP contribution in [0, 0.1) is 9.39 Å². The van der Waals surface area contributed by atoms with Crippen LogP contribution in [0.2, 0.25) is 0 Å². The minimum absolute atomic E-state index is 0.335. The molecular formula is C13H8FIN4. The van der Waals surface area contributed by atoms with Gasteiger partial charge in [-0.1, -0.05) is 30.3 Å². The second-order valence-electron chi connectivity index (χ2n) is 3.85. The number of nitrogens with zero attached hydrogens (tertiary/aromatic N) is 4. The van der Waals surface area contributed by atoms with Gasteiger partial charge >= 0.3 is 0 Å². The SMILES string of the molecule is Fc1ccccc1-n1nnnc1-c1ccccc1I. The number of rotatable bonds is 2. The summed E-state index contributed by atoms with van der Waals surface area (Å²) in [4.78, 5) is 0. The largest absolute Gasteiger partial charge is 0.205 e. The van der Waals surface area contributed by atoms with Gasteiger partial charge in [0.15, 0.2) is 5.82 Å². The topological polar surface area (TPSA) is 43.6 Å². The molecule has 0 aliphatic rings. The Morgan fingerprint density at radius 3 is 2.53 bits per heavy atom. The molecule has 0 bridgehead atoms. The Morgan fingerprint density at radius 2 is 1.74 bits per heavy atom. The Balaban J connectivity index is 2.20. The second-order valence-corrected chi connectivity index (χ2v) is 5.01. The predicted molar refractivity (Wildman–Crippen MR) is 77.3 cm³/mol. The van der Waals surface area contributed by atoms with E-state index in [0.717, 1.165) is 9.13 Å². The lowest BCUT2D eigenvalue weighted by molar-refractivity contribution is 0.608. The summed E-state index contributed by atoms with van der Waals surface area (Å²) in [5, 5.41) is 11.5. The summed E-state index contributed by atoms with van der Waals surface area (Å²) >= 11 is 2.20. The quantitative estimate of drug-likeness (QED) is 0.655. The summed E-state index contributed by atoms with van der Waals surface area (Å²) in [7, 11) is 0. The Morgan fingerprint density at radius 1 is 1.00 bits per heavy atom. The van der Waals surface area contributed by atoms with Gasteiger partial charge in [-0.05, 0) is 51.2 Å². The first kappa shape index (κ1) is 12.2. The molecule has 2 aromatic carbocycles. The Bertz CT molecular complexity index is 666. The summed E-state index contributed by atoms with van der Waals surface area (Å²) in [6.45, 7) is 0. The molecule has 4 nitrogen and oxygen atoms in total. The molecule has 0 atom stereocenters. The molecule has 0 N–H and O–H groups in total. The molecule has 94 valence electrons. The minimum Gasteiger partial charge on any atom is -0.205 e. The van der Waals surface area contributed by atoms with Crippen molar-refractivity contribution in [3.63, 3.8) is 0 Å². The zero-order chi connectivity index (χ0) is 13.2. The van der Waals surface area contributed by atoms with E-state index in [1.807, 2.05) is 24.3 Å². The highest BCUT2D eigenvalue weighted by Crippen LogP contribution is 2.25. The van der Waals surface area contributed by atoms with E-state index >= 15 is 0 Å². The van der Waals surface area contributed by atoms with E-state index in [1.54, 1.807) is 18.2 Å². The Kier molecular flexibility index (Phi) is 3.24. The van der Waals surface area contributed by atoms with E-state index < -0.39 is 0 Å². The highest BCUT2D eigenvalue weighted by molar-refractivity contribution is 14.1. The molecule has 0 aliphatic heterocycles. The zero-order valence-electron chi connectivity index (χ0n) is 9.66. The summed E-state index contributed by atoms with van der Waals surface area (Å²) in [6, 6.07) is 14.1. The Hall–Kier alpha value is -1.83. The summed E-state index contributed by atoms with van der Waals surface area (Å²) in [6.07, 6.45) is 0. The van der Waals surface area contributed by atoms with Gasteiger partial charge in [0, 0.05) is 9.13 Å². The van der Waals surface area contributed by atoms with Crippen molar-refractivity contribution in [1.29, 1.82) is 0 Å². The average molecular weight is 366 g/mol. The fourth-order valence-corrected chi connectivity index (χ4v) is 2.41. The van der Waals surface area contributed by atoms with Gasteiger partial charge in [0.2, 0.25) is 0 Å². The summed E-state index contributed by atoms with van der Waals surface area (Å²) in [5.74, 6) is 0.164. The van der Waals surface area contributed by atoms with Gasteiger partial charge in [0.05, 0.1) is 0 Å². The van der Waals surface area contributed by atoms with Crippen molar-refractivity contribution in [3.05, 3.63) is 57.9 Å². The van der Waals surface area contributed by atoms with E-state index in [2.05, 4.69) is 38.1 Å². The third-order valence-electron chi connectivity index (χ3n) is 2.66. The molecule has 0 saturated carbocycles. The van der Waals surface area contributed by atoms with E-state index in [0.29, 0.717) is 11.5 Å². The van der Waals surface area contributed by atoms with Crippen LogP contribution in [0.5, 0.6) is 0 Å². The predicted octanol–water partition coefficient (Wildman–Crippen LogP) is 3.07. The number of tetrazole rings is 1. The number of halogens is 2. The number of para-hydroxylation sites is 1. The number of hydrogen-bond acceptors (Lipinski definition) is 3. The highest BCUT2D eigenvalue weighted by atomic mass is 127. The standard InChI is InChI=1S/C13H8FIN4/c14-10-6-2-4-8-12(10)19-13(16-17-18-19)9-5-1-3-7-11(9)15/h1-8H. The lowest BCUT2D eigenvalue weighted by atomic mass is 10.2. The zero-order valence-corrected chi connectivity index (χ0v) is 11.8. The molecule has 0 spiro atoms. The van der Waals surface area contributed by atoms with Crippen LogP contribution in [-0.2, 0) is 0 Å². The molecule has 0 unspecified atom stereocenters. The normalized spacial score (nSPS) is 10.6. The van der Waals surface area contributed by atoms with Gasteiger partial charge < -0.3 is 0 Å². The molecule has 6 heteroatoms. The van der Waals surface area contributed by atoms with Crippen molar-refractivity contribution >= 4 is 22.6 Å². The molecular weight excluding hydrogens is 358 g/mol. The molecule has 0 fully saturated rings. The second kappa shape index (κ2) is 5.04. The van der Waals surface area contributed by atoms with Crippen molar-refractivity contribution in [3.8, 4) is 17.1 Å². The van der Waals surface area contributed by atoms with Crippen LogP contribution in [0.25, 0.3) is 17.1 Å². The van der Waals surface area contributed by atoms with Gasteiger partial charge in [-0.15, -0.1) is 5.10 Å². The first-order valence-corrected chi connectivity index (χ1v) is 6.63. The maximum Gasteiger partial charge on any atom is 0.188 e. The van der Waals surface area contributed by atoms with Gasteiger partial charge in [0.1, 0.15) is 11.5 Å². The molecule has 0 amide bonds. The lowest BCUT2D eigenvalue weighted by Gasteiger charge is -2.06. The van der Waals surface area contributed by atoms with Crippen molar-refractivity contribution in [2.75, 3.05) is 0 Å². The van der Waals surface area contributed by atoms with Crippen LogP contribution < -0.4 is 0 Å². The van der Waals surface area contributed by atoms with Crippen molar-refractivity contribution < 1.29 is 4.39 Å². The molecule has 3 aromatic rings. The molecule has 1 aromatic heterocycles. The molecule has 1 heterocycles. The molecule has 3 rings (SSSR count). The summed E-state index contributed by atoms with van der Waals surface area (Å²) in [5.41, 5.74) is 1.21. The van der Waals surface area contributed by atoms with E-state index in [9.17, 15) is 4.39 Å². The van der Waals surface area contributed by atoms with Crippen LogP contribution in [0.4, 0.5) is 4.39 Å². The van der Waals surface area contributed by atoms with Crippen molar-refractivity contribution in [2.45, 2.75) is 0 Å². The van der Waals surface area contributed by atoms with E-state index in [-0.39, 0.29) is 5.82 Å². The van der Waals surface area contributed by atoms with Crippen LogP contribution in [-0.4, -0.2) is 20.2 Å². The summed E-state index contributed by atoms with van der Waals surface area (Å²) < 4.78 is 16.2. The van der Waals surface area contributed by atoms with Crippen molar-refractivity contribution in [2.24, 2.45) is 0 Å². The smallest absolute Gasteiger partial charge is 0.188 e. The van der Waals surface area contributed by atoms with Crippen LogP contribution in [0.15, 0.2) is 48.5 Å². The van der Waals surface area contributed by atoms with Crippen molar-refractivity contribution in [1.82, 2.24) is 20.2 Å². The van der Waals surface area contributed by atoms with E-state index in [1.165, 1.54) is 10.7 Å². The number of hydrogen-bond donors (Lipinski definition) is 0. The van der Waals surface area contributed by atoms with Gasteiger partial charge in [0.25, 0.3) is 0 Å². The molecule has 0 aliphatic carbocycles. The van der Waals surface area contributed by atoms with Crippen LogP contribution in [0.3, 0.4) is 0 Å². The van der Waals surface area contributed by atoms with E-state index in [4.69, 9.17) is 0 Å².